The van der Waals surface area contributed by atoms with Gasteiger partial charge in [0.05, 0.1) is 11.0 Å². The first kappa shape index (κ1) is 14.2. The number of hydrogen-bond acceptors (Lipinski definition) is 3. The Morgan fingerprint density at radius 1 is 0.960 bits per heavy atom. The van der Waals surface area contributed by atoms with Crippen LogP contribution in [-0.4, -0.2) is 21.1 Å². The van der Waals surface area contributed by atoms with E-state index in [1.807, 2.05) is 24.5 Å². The van der Waals surface area contributed by atoms with E-state index in [1.165, 1.54) is 16.8 Å². The van der Waals surface area contributed by atoms with Crippen LogP contribution in [0.1, 0.15) is 18.7 Å². The van der Waals surface area contributed by atoms with Crippen molar-refractivity contribution in [3.8, 4) is 11.4 Å². The third kappa shape index (κ3) is 2.00. The molecule has 0 saturated carbocycles. The second-order valence-corrected chi connectivity index (χ2v) is 6.26. The molecule has 0 amide bonds. The van der Waals surface area contributed by atoms with Gasteiger partial charge in [0.1, 0.15) is 12.0 Å². The van der Waals surface area contributed by atoms with Gasteiger partial charge in [-0.2, -0.15) is 0 Å². The Kier molecular flexibility index (Phi) is 3.10. The summed E-state index contributed by atoms with van der Waals surface area (Å²) >= 11 is 0. The number of hydrogen-bond donors (Lipinski definition) is 0. The van der Waals surface area contributed by atoms with E-state index in [9.17, 15) is 0 Å². The molecule has 4 aromatic rings. The van der Waals surface area contributed by atoms with Crippen molar-refractivity contribution in [1.82, 2.24) is 14.5 Å². The average Bonchev–Trinajstić information content (AvgIpc) is 3.07. The fourth-order valence-electron chi connectivity index (χ4n) is 3.87. The Labute approximate surface area is 146 Å². The minimum Gasteiger partial charge on any atom is -0.347 e. The molecule has 0 bridgehead atoms. The molecule has 122 valence electrons. The first-order valence-electron chi connectivity index (χ1n) is 8.61. The van der Waals surface area contributed by atoms with Gasteiger partial charge in [-0.3, -0.25) is 9.55 Å². The van der Waals surface area contributed by atoms with E-state index in [0.29, 0.717) is 0 Å². The van der Waals surface area contributed by atoms with Gasteiger partial charge in [0.2, 0.25) is 0 Å². The van der Waals surface area contributed by atoms with Crippen LogP contribution in [0.5, 0.6) is 0 Å². The molecule has 2 aromatic heterocycles. The van der Waals surface area contributed by atoms with Gasteiger partial charge < -0.3 is 4.90 Å². The van der Waals surface area contributed by atoms with E-state index >= 15 is 0 Å². The quantitative estimate of drug-likeness (QED) is 0.544. The summed E-state index contributed by atoms with van der Waals surface area (Å²) in [5.74, 6) is 1.02. The average molecular weight is 326 g/mol. The number of anilines is 1. The lowest BCUT2D eigenvalue weighted by Crippen LogP contribution is -2.37. The van der Waals surface area contributed by atoms with Crippen molar-refractivity contribution in [2.24, 2.45) is 0 Å². The third-order valence-corrected chi connectivity index (χ3v) is 4.91. The second kappa shape index (κ2) is 5.45. The van der Waals surface area contributed by atoms with Crippen molar-refractivity contribution < 1.29 is 0 Å². The van der Waals surface area contributed by atoms with Gasteiger partial charge in [-0.05, 0) is 37.3 Å². The maximum atomic E-state index is 4.95. The minimum atomic E-state index is 0.0519. The molecule has 25 heavy (non-hydrogen) atoms. The van der Waals surface area contributed by atoms with Gasteiger partial charge in [0, 0.05) is 35.8 Å². The van der Waals surface area contributed by atoms with Crippen molar-refractivity contribution in [2.75, 3.05) is 11.4 Å². The van der Waals surface area contributed by atoms with Gasteiger partial charge in [0.25, 0.3) is 0 Å². The summed E-state index contributed by atoms with van der Waals surface area (Å²) in [4.78, 5) is 11.7. The Bertz CT molecular complexity index is 1050. The molecule has 0 N–H and O–H groups in total. The van der Waals surface area contributed by atoms with E-state index in [2.05, 4.69) is 69.9 Å². The predicted molar refractivity (Wildman–Crippen MR) is 101 cm³/mol. The van der Waals surface area contributed by atoms with Crippen molar-refractivity contribution in [2.45, 2.75) is 13.1 Å². The van der Waals surface area contributed by atoms with Crippen LogP contribution in [0.2, 0.25) is 0 Å². The molecule has 0 unspecified atom stereocenters. The number of benzene rings is 2. The van der Waals surface area contributed by atoms with Gasteiger partial charge in [0.15, 0.2) is 0 Å². The van der Waals surface area contributed by atoms with Gasteiger partial charge in [-0.1, -0.05) is 30.3 Å². The first-order valence-corrected chi connectivity index (χ1v) is 8.61. The highest BCUT2D eigenvalue weighted by molar-refractivity contribution is 5.87. The molecule has 0 saturated heterocycles. The number of rotatable bonds is 2. The van der Waals surface area contributed by atoms with Crippen LogP contribution >= 0.6 is 0 Å². The maximum absolute atomic E-state index is 4.95. The van der Waals surface area contributed by atoms with Gasteiger partial charge >= 0.3 is 0 Å². The number of imidazole rings is 1. The molecule has 5 rings (SSSR count). The molecule has 4 heteroatoms. The Hall–Kier alpha value is -3.14. The molecule has 0 aliphatic carbocycles. The van der Waals surface area contributed by atoms with Crippen molar-refractivity contribution in [1.29, 1.82) is 0 Å². The van der Waals surface area contributed by atoms with E-state index in [1.54, 1.807) is 0 Å². The molecular weight excluding hydrogens is 308 g/mol. The van der Waals surface area contributed by atoms with E-state index in [4.69, 9.17) is 4.98 Å². The number of pyridine rings is 1. The zero-order valence-electron chi connectivity index (χ0n) is 14.0. The summed E-state index contributed by atoms with van der Waals surface area (Å²) in [6.07, 6.45) is 3.83. The summed E-state index contributed by atoms with van der Waals surface area (Å²) in [7, 11) is 0. The van der Waals surface area contributed by atoms with Crippen molar-refractivity contribution in [3.63, 3.8) is 0 Å². The van der Waals surface area contributed by atoms with Gasteiger partial charge in [-0.25, -0.2) is 4.98 Å². The topological polar surface area (TPSA) is 34.0 Å². The van der Waals surface area contributed by atoms with Crippen LogP contribution in [-0.2, 0) is 0 Å². The second-order valence-electron chi connectivity index (χ2n) is 6.26. The van der Waals surface area contributed by atoms with E-state index < -0.39 is 0 Å². The predicted octanol–water partition coefficient (Wildman–Crippen LogP) is 4.49. The molecular formula is C21H18N4. The number of nitrogens with zero attached hydrogens (tertiary/aromatic N) is 4. The fourth-order valence-corrected chi connectivity index (χ4v) is 3.87. The third-order valence-electron chi connectivity index (χ3n) is 4.91. The molecule has 4 nitrogen and oxygen atoms in total. The van der Waals surface area contributed by atoms with Crippen LogP contribution < -0.4 is 4.90 Å². The Morgan fingerprint density at radius 2 is 1.80 bits per heavy atom. The Morgan fingerprint density at radius 3 is 2.64 bits per heavy atom. The van der Waals surface area contributed by atoms with Crippen LogP contribution in [0.3, 0.4) is 0 Å². The zero-order valence-corrected chi connectivity index (χ0v) is 14.0. The summed E-state index contributed by atoms with van der Waals surface area (Å²) in [6.45, 7) is 3.10. The summed E-state index contributed by atoms with van der Waals surface area (Å²) < 4.78 is 2.35. The summed E-state index contributed by atoms with van der Waals surface area (Å²) in [5.41, 5.74) is 5.75. The normalized spacial score (nSPS) is 15.9. The molecule has 0 fully saturated rings. The van der Waals surface area contributed by atoms with E-state index in [-0.39, 0.29) is 6.17 Å². The molecule has 2 aromatic carbocycles. The Balaban J connectivity index is 1.89. The highest BCUT2D eigenvalue weighted by Gasteiger charge is 2.33. The maximum Gasteiger partial charge on any atom is 0.145 e. The first-order chi connectivity index (χ1) is 12.4. The van der Waals surface area contributed by atoms with E-state index in [0.717, 1.165) is 23.4 Å². The molecule has 0 spiro atoms. The molecule has 3 heterocycles. The largest absolute Gasteiger partial charge is 0.347 e. The summed E-state index contributed by atoms with van der Waals surface area (Å²) in [6, 6.07) is 21.0. The molecule has 0 radical (unpaired) electrons. The molecule has 1 aliphatic rings. The number of para-hydroxylation sites is 3. The standard InChI is InChI=1S/C21H18N4/c1-2-24-18-11-5-3-9-16(18)20-23-17-10-4-6-12-19(17)25(20)21(24)15-8-7-13-22-14-15/h3-14,21H,2H2,1H3/t21-/m1/s1. The smallest absolute Gasteiger partial charge is 0.145 e. The monoisotopic (exact) mass is 326 g/mol. The van der Waals surface area contributed by atoms with Crippen molar-refractivity contribution >= 4 is 16.7 Å². The molecule has 1 aliphatic heterocycles. The van der Waals surface area contributed by atoms with Crippen molar-refractivity contribution in [3.05, 3.63) is 78.6 Å². The molecule has 1 atom stereocenters. The van der Waals surface area contributed by atoms with Crippen LogP contribution in [0.15, 0.2) is 73.1 Å². The lowest BCUT2D eigenvalue weighted by Gasteiger charge is -2.39. The minimum absolute atomic E-state index is 0.0519. The number of fused-ring (bicyclic) bond motifs is 5. The SMILES string of the molecule is CCN1c2ccccc2-c2nc3ccccc3n2[C@@H]1c1cccnc1. The fraction of sp³-hybridized carbons (Fsp3) is 0.143. The lowest BCUT2D eigenvalue weighted by molar-refractivity contribution is 0.554. The highest BCUT2D eigenvalue weighted by Crippen LogP contribution is 2.44. The van der Waals surface area contributed by atoms with Gasteiger partial charge in [-0.15, -0.1) is 0 Å². The summed E-state index contributed by atoms with van der Waals surface area (Å²) in [5, 5.41) is 0. The zero-order chi connectivity index (χ0) is 16.8. The number of aromatic nitrogens is 3. The van der Waals surface area contributed by atoms with Crippen LogP contribution in [0.25, 0.3) is 22.4 Å². The highest BCUT2D eigenvalue weighted by atomic mass is 15.3. The lowest BCUT2D eigenvalue weighted by atomic mass is 10.0. The van der Waals surface area contributed by atoms with Crippen LogP contribution in [0.4, 0.5) is 5.69 Å². The van der Waals surface area contributed by atoms with Crippen LogP contribution in [0, 0.1) is 0 Å².